The van der Waals surface area contributed by atoms with Crippen LogP contribution in [0.25, 0.3) is 0 Å². The SMILES string of the molecule is COCc1c(Cl)ccc[c]1[Mg][Br]. The summed E-state index contributed by atoms with van der Waals surface area (Å²) in [6.45, 7) is 0.605. The minimum absolute atomic E-state index is 0.331. The molecule has 0 bridgehead atoms. The second-order valence-electron chi connectivity index (χ2n) is 2.44. The highest BCUT2D eigenvalue weighted by Gasteiger charge is 2.06. The molecule has 1 rings (SSSR count). The summed E-state index contributed by atoms with van der Waals surface area (Å²) >= 11 is 9.21. The van der Waals surface area contributed by atoms with E-state index in [-0.39, 0.29) is 18.2 Å². The average molecular weight is 260 g/mol. The van der Waals surface area contributed by atoms with Gasteiger partial charge >= 0.3 is 18.2 Å². The summed E-state index contributed by atoms with van der Waals surface area (Å²) in [6.07, 6.45) is 0. The summed E-state index contributed by atoms with van der Waals surface area (Å²) in [7, 11) is 1.68. The van der Waals surface area contributed by atoms with E-state index in [9.17, 15) is 0 Å². The van der Waals surface area contributed by atoms with Crippen LogP contribution in [0.5, 0.6) is 0 Å². The normalized spacial score (nSPS) is 9.58. The Labute approximate surface area is 93.0 Å². The first kappa shape index (κ1) is 10.8. The minimum Gasteiger partial charge on any atom is -0.380 e. The van der Waals surface area contributed by atoms with Crippen LogP contribution in [0, 0.1) is 0 Å². The van der Waals surface area contributed by atoms with Gasteiger partial charge in [-0.2, -0.15) is 0 Å². The Morgan fingerprint density at radius 1 is 1.58 bits per heavy atom. The highest BCUT2D eigenvalue weighted by atomic mass is 79.9. The van der Waals surface area contributed by atoms with E-state index >= 15 is 0 Å². The van der Waals surface area contributed by atoms with E-state index < -0.39 is 0 Å². The number of halogens is 2. The molecule has 4 heteroatoms. The Morgan fingerprint density at radius 3 is 2.92 bits per heavy atom. The van der Waals surface area contributed by atoms with Gasteiger partial charge in [0, 0.05) is 12.1 Å². The molecular formula is C8H8BrClMgO. The third-order valence-electron chi connectivity index (χ3n) is 1.65. The van der Waals surface area contributed by atoms with Crippen molar-refractivity contribution in [1.29, 1.82) is 0 Å². The maximum absolute atomic E-state index is 6.01. The maximum atomic E-state index is 6.01. The van der Waals surface area contributed by atoms with Gasteiger partial charge in [-0.3, -0.25) is 12.9 Å². The van der Waals surface area contributed by atoms with Crippen LogP contribution in [0.1, 0.15) is 5.56 Å². The zero-order valence-electron chi connectivity index (χ0n) is 6.81. The van der Waals surface area contributed by atoms with E-state index in [1.54, 1.807) is 7.11 Å². The molecule has 1 aromatic rings. The van der Waals surface area contributed by atoms with Gasteiger partial charge in [0.2, 0.25) is 0 Å². The molecule has 0 atom stereocenters. The molecule has 0 aliphatic heterocycles. The molecule has 0 saturated carbocycles. The van der Waals surface area contributed by atoms with Gasteiger partial charge in [0.15, 0.2) is 0 Å². The Morgan fingerprint density at radius 2 is 2.33 bits per heavy atom. The zero-order valence-corrected chi connectivity index (χ0v) is 10.6. The van der Waals surface area contributed by atoms with E-state index in [0.717, 1.165) is 10.6 Å². The topological polar surface area (TPSA) is 9.23 Å². The quantitative estimate of drug-likeness (QED) is 0.756. The van der Waals surface area contributed by atoms with Crippen LogP contribution in [0.2, 0.25) is 5.02 Å². The highest BCUT2D eigenvalue weighted by Crippen LogP contribution is 2.14. The fourth-order valence-electron chi connectivity index (χ4n) is 1.03. The van der Waals surface area contributed by atoms with Crippen molar-refractivity contribution in [3.63, 3.8) is 0 Å². The van der Waals surface area contributed by atoms with Gasteiger partial charge in [-0.1, -0.05) is 23.7 Å². The van der Waals surface area contributed by atoms with E-state index in [4.69, 9.17) is 16.3 Å². The van der Waals surface area contributed by atoms with Crippen molar-refractivity contribution < 1.29 is 4.74 Å². The molecule has 0 saturated heterocycles. The molecule has 1 nitrogen and oxygen atoms in total. The standard InChI is InChI=1S/C8H8ClO.BrH.Mg/c1-10-6-7-4-2-3-5-8(7)9;;/h2-3,5H,6H2,1H3;1H;/q;;+1/p-1. The summed E-state index contributed by atoms with van der Waals surface area (Å²) in [5.41, 5.74) is 1.13. The van der Waals surface area contributed by atoms with Gasteiger partial charge in [-0.15, -0.1) is 3.69 Å². The highest BCUT2D eigenvalue weighted by molar-refractivity contribution is 9.23. The molecule has 0 aliphatic carbocycles. The zero-order chi connectivity index (χ0) is 8.97. The van der Waals surface area contributed by atoms with Crippen LogP contribution in [0.4, 0.5) is 0 Å². The van der Waals surface area contributed by atoms with Crippen molar-refractivity contribution in [2.24, 2.45) is 0 Å². The Hall–Kier alpha value is 0.716. The van der Waals surface area contributed by atoms with Gasteiger partial charge in [-0.05, 0) is 11.6 Å². The molecule has 0 radical (unpaired) electrons. The largest absolute Gasteiger partial charge is 0.507 e. The molecule has 0 N–H and O–H groups in total. The van der Waals surface area contributed by atoms with Crippen LogP contribution in [0.3, 0.4) is 0 Å². The molecule has 0 aliphatic rings. The lowest BCUT2D eigenvalue weighted by Crippen LogP contribution is -2.15. The Kier molecular flexibility index (Phi) is 4.90. The number of rotatable bonds is 3. The van der Waals surface area contributed by atoms with E-state index in [1.807, 2.05) is 12.1 Å². The number of ether oxygens (including phenoxy) is 1. The van der Waals surface area contributed by atoms with Gasteiger partial charge in [0.25, 0.3) is 0 Å². The van der Waals surface area contributed by atoms with Crippen molar-refractivity contribution in [1.82, 2.24) is 0 Å². The second-order valence-corrected chi connectivity index (χ2v) is 5.56. The van der Waals surface area contributed by atoms with Crippen molar-refractivity contribution in [2.75, 3.05) is 7.11 Å². The minimum atomic E-state index is -0.331. The lowest BCUT2D eigenvalue weighted by Gasteiger charge is -2.08. The van der Waals surface area contributed by atoms with Gasteiger partial charge in [0.05, 0.1) is 6.61 Å². The fourth-order valence-corrected chi connectivity index (χ4v) is 3.65. The maximum Gasteiger partial charge on any atom is 0.507 e. The summed E-state index contributed by atoms with van der Waals surface area (Å²) < 4.78 is 6.39. The summed E-state index contributed by atoms with van der Waals surface area (Å²) in [5, 5.41) is 0.807. The van der Waals surface area contributed by atoms with Crippen LogP contribution in [-0.4, -0.2) is 25.3 Å². The van der Waals surface area contributed by atoms with E-state index in [2.05, 4.69) is 19.0 Å². The molecule has 12 heavy (non-hydrogen) atoms. The molecule has 1 aromatic carbocycles. The Bertz CT molecular complexity index is 267. The molecule has 62 valence electrons. The molecule has 0 fully saturated rings. The Balaban J connectivity index is 3.02. The molecule has 0 unspecified atom stereocenters. The van der Waals surface area contributed by atoms with Crippen molar-refractivity contribution >= 4 is 46.4 Å². The van der Waals surface area contributed by atoms with E-state index in [1.165, 1.54) is 3.69 Å². The molecule has 0 heterocycles. The molecule has 0 aromatic heterocycles. The van der Waals surface area contributed by atoms with Crippen LogP contribution in [0.15, 0.2) is 18.2 Å². The number of benzene rings is 1. The number of methoxy groups -OCH3 is 1. The van der Waals surface area contributed by atoms with Gasteiger partial charge in [-0.25, -0.2) is 0 Å². The predicted molar refractivity (Wildman–Crippen MR) is 56.5 cm³/mol. The first-order chi connectivity index (χ1) is 5.79. The lowest BCUT2D eigenvalue weighted by atomic mass is 10.2. The van der Waals surface area contributed by atoms with E-state index in [0.29, 0.717) is 6.61 Å². The van der Waals surface area contributed by atoms with Crippen molar-refractivity contribution in [3.8, 4) is 0 Å². The predicted octanol–water partition coefficient (Wildman–Crippen LogP) is 2.13. The number of hydrogen-bond acceptors (Lipinski definition) is 1. The summed E-state index contributed by atoms with van der Waals surface area (Å²) in [6, 6.07) is 5.97. The van der Waals surface area contributed by atoms with Crippen LogP contribution in [-0.2, 0) is 11.3 Å². The van der Waals surface area contributed by atoms with Crippen molar-refractivity contribution in [2.45, 2.75) is 6.61 Å². The molecular weight excluding hydrogens is 252 g/mol. The number of hydrogen-bond donors (Lipinski definition) is 0. The average Bonchev–Trinajstić information content (AvgIpc) is 2.09. The van der Waals surface area contributed by atoms with Crippen LogP contribution < -0.4 is 3.69 Å². The first-order valence-corrected chi connectivity index (χ1v) is 8.59. The summed E-state index contributed by atoms with van der Waals surface area (Å²) in [4.78, 5) is 0. The fraction of sp³-hybridized carbons (Fsp3) is 0.250. The third kappa shape index (κ3) is 2.60. The monoisotopic (exact) mass is 258 g/mol. The lowest BCUT2D eigenvalue weighted by molar-refractivity contribution is 0.185. The van der Waals surface area contributed by atoms with Crippen molar-refractivity contribution in [3.05, 3.63) is 28.8 Å². The van der Waals surface area contributed by atoms with Gasteiger partial charge in [0.1, 0.15) is 0 Å². The molecule has 0 amide bonds. The van der Waals surface area contributed by atoms with Crippen LogP contribution >= 0.6 is 24.5 Å². The third-order valence-corrected chi connectivity index (χ3v) is 4.77. The van der Waals surface area contributed by atoms with Gasteiger partial charge < -0.3 is 4.74 Å². The second kappa shape index (κ2) is 5.45. The molecule has 0 spiro atoms. The first-order valence-electron chi connectivity index (χ1n) is 3.60. The smallest absolute Gasteiger partial charge is 0.380 e. The summed E-state index contributed by atoms with van der Waals surface area (Å²) in [5.74, 6) is 0.